The lowest BCUT2D eigenvalue weighted by Crippen LogP contribution is -2.29. The van der Waals surface area contributed by atoms with Gasteiger partial charge in [-0.05, 0) is 24.4 Å². The van der Waals surface area contributed by atoms with Gasteiger partial charge in [-0.15, -0.1) is 0 Å². The first-order valence-corrected chi connectivity index (χ1v) is 11.6. The zero-order chi connectivity index (χ0) is 30.2. The highest BCUT2D eigenvalue weighted by Gasteiger charge is 2.38. The predicted octanol–water partition coefficient (Wildman–Crippen LogP) is 4.55. The molecule has 41 heavy (non-hydrogen) atoms. The minimum Gasteiger partial charge on any atom is -0.488 e. The number of fused-ring (bicyclic) bond motifs is 1. The number of rotatable bonds is 8. The second-order valence-electron chi connectivity index (χ2n) is 8.82. The van der Waals surface area contributed by atoms with Gasteiger partial charge in [-0.1, -0.05) is 0 Å². The quantitative estimate of drug-likeness (QED) is 0.288. The maximum absolute atomic E-state index is 15.0. The van der Waals surface area contributed by atoms with E-state index in [1.165, 1.54) is 6.92 Å². The number of anilines is 1. The highest BCUT2D eigenvalue weighted by molar-refractivity contribution is 5.86. The van der Waals surface area contributed by atoms with Crippen LogP contribution in [-0.2, 0) is 12.7 Å². The van der Waals surface area contributed by atoms with Crippen molar-refractivity contribution < 1.29 is 39.9 Å². The smallest absolute Gasteiger partial charge is 0.425 e. The van der Waals surface area contributed by atoms with Crippen LogP contribution in [0, 0.1) is 11.6 Å². The molecule has 0 aliphatic rings. The van der Waals surface area contributed by atoms with E-state index < -0.39 is 100 Å². The molecule has 17 heteroatoms. The van der Waals surface area contributed by atoms with Gasteiger partial charge in [0.2, 0.25) is 0 Å². The normalized spacial score (nSPS) is 13.5. The average Bonchev–Trinajstić information content (AvgIpc) is 2.86. The second-order valence-corrected chi connectivity index (χ2v) is 8.82. The van der Waals surface area contributed by atoms with Crippen molar-refractivity contribution in [2.45, 2.75) is 44.8 Å². The van der Waals surface area contributed by atoms with E-state index in [0.29, 0.717) is 12.4 Å². The summed E-state index contributed by atoms with van der Waals surface area (Å²) < 4.78 is 116. The van der Waals surface area contributed by atoms with Crippen molar-refractivity contribution in [3.63, 3.8) is 0 Å². The topological polar surface area (TPSA) is 129 Å². The van der Waals surface area contributed by atoms with Gasteiger partial charge in [0, 0.05) is 18.8 Å². The van der Waals surface area contributed by atoms with E-state index in [-0.39, 0.29) is 5.39 Å². The van der Waals surface area contributed by atoms with Crippen molar-refractivity contribution in [3.8, 4) is 17.1 Å². The van der Waals surface area contributed by atoms with Crippen molar-refractivity contribution in [1.29, 1.82) is 0 Å². The first-order valence-electron chi connectivity index (χ1n) is 11.6. The van der Waals surface area contributed by atoms with E-state index in [0.717, 1.165) is 22.9 Å². The van der Waals surface area contributed by atoms with Gasteiger partial charge in [0.05, 0.1) is 35.4 Å². The van der Waals surface area contributed by atoms with Gasteiger partial charge >= 0.3 is 6.18 Å². The lowest BCUT2D eigenvalue weighted by molar-refractivity contribution is -0.140. The van der Waals surface area contributed by atoms with Crippen LogP contribution in [0.25, 0.3) is 22.2 Å². The SMILES string of the molecule is C[C@@H](C[C@H](F)Cn1ccc2cc(-c3ncc(C(F)F)c(N)n3)c(F)c(F)c2c1=O)Oc1cn[nH]c(=O)c1C(F)(F)F. The molecular formula is C24H18F8N6O3. The van der Waals surface area contributed by atoms with Crippen LogP contribution in [0.2, 0.25) is 0 Å². The highest BCUT2D eigenvalue weighted by Crippen LogP contribution is 2.34. The monoisotopic (exact) mass is 590 g/mol. The number of hydrogen-bond acceptors (Lipinski definition) is 7. The molecule has 218 valence electrons. The minimum absolute atomic E-state index is 0.145. The number of pyridine rings is 1. The Kier molecular flexibility index (Phi) is 7.98. The van der Waals surface area contributed by atoms with Crippen LogP contribution >= 0.6 is 0 Å². The molecule has 4 aromatic rings. The zero-order valence-electron chi connectivity index (χ0n) is 20.6. The highest BCUT2D eigenvalue weighted by atomic mass is 19.4. The number of halogens is 8. The summed E-state index contributed by atoms with van der Waals surface area (Å²) in [6.07, 6.45) is -9.45. The molecule has 3 N–H and O–H groups in total. The number of aromatic nitrogens is 5. The van der Waals surface area contributed by atoms with Crippen LogP contribution in [0.1, 0.15) is 30.9 Å². The van der Waals surface area contributed by atoms with Gasteiger partial charge in [0.15, 0.2) is 28.8 Å². The standard InChI is InChI=1S/C24H18F8N6O3/c1-9(41-14-7-35-37-22(39)16(14)24(30,31)32)4-11(25)8-38-3-2-10-5-12(17(26)18(27)15(10)23(38)40)21-34-6-13(19(28)29)20(33)36-21/h2-3,5-7,9,11,19H,4,8H2,1H3,(H,37,39)(H2,33,34,36)/t9-,11-/m0/s1. The molecule has 0 bridgehead atoms. The van der Waals surface area contributed by atoms with E-state index in [1.54, 1.807) is 5.10 Å². The molecule has 0 spiro atoms. The number of ether oxygens (including phenoxy) is 1. The van der Waals surface area contributed by atoms with E-state index >= 15 is 4.39 Å². The summed E-state index contributed by atoms with van der Waals surface area (Å²) in [5.74, 6) is -5.31. The third-order valence-electron chi connectivity index (χ3n) is 5.89. The number of benzene rings is 1. The second kappa shape index (κ2) is 11.1. The third-order valence-corrected chi connectivity index (χ3v) is 5.89. The molecule has 3 heterocycles. The van der Waals surface area contributed by atoms with E-state index in [1.807, 2.05) is 0 Å². The Morgan fingerprint density at radius 1 is 1.12 bits per heavy atom. The van der Waals surface area contributed by atoms with Crippen LogP contribution < -0.4 is 21.6 Å². The summed E-state index contributed by atoms with van der Waals surface area (Å²) in [6.45, 7) is 0.510. The Morgan fingerprint density at radius 3 is 2.46 bits per heavy atom. The number of nitrogens with zero attached hydrogens (tertiary/aromatic N) is 4. The minimum atomic E-state index is -5.08. The van der Waals surface area contributed by atoms with Gasteiger partial charge in [0.25, 0.3) is 17.5 Å². The van der Waals surface area contributed by atoms with Gasteiger partial charge < -0.3 is 15.0 Å². The van der Waals surface area contributed by atoms with Crippen molar-refractivity contribution in [2.24, 2.45) is 0 Å². The van der Waals surface area contributed by atoms with Gasteiger partial charge in [-0.2, -0.15) is 18.3 Å². The molecular weight excluding hydrogens is 572 g/mol. The van der Waals surface area contributed by atoms with Crippen molar-refractivity contribution in [2.75, 3.05) is 5.73 Å². The van der Waals surface area contributed by atoms with Crippen LogP contribution in [0.15, 0.2) is 40.3 Å². The van der Waals surface area contributed by atoms with Gasteiger partial charge in [-0.25, -0.2) is 37.0 Å². The van der Waals surface area contributed by atoms with E-state index in [9.17, 15) is 40.3 Å². The Hall–Kier alpha value is -4.57. The lowest BCUT2D eigenvalue weighted by Gasteiger charge is -2.19. The molecule has 0 saturated carbocycles. The van der Waals surface area contributed by atoms with E-state index in [2.05, 4.69) is 15.1 Å². The molecule has 9 nitrogen and oxygen atoms in total. The maximum atomic E-state index is 15.0. The Bertz CT molecular complexity index is 1720. The zero-order valence-corrected chi connectivity index (χ0v) is 20.6. The molecule has 0 radical (unpaired) electrons. The number of hydrogen-bond donors (Lipinski definition) is 2. The summed E-state index contributed by atoms with van der Waals surface area (Å²) in [5, 5.41) is 3.97. The fourth-order valence-electron chi connectivity index (χ4n) is 4.04. The number of nitrogens with two attached hydrogens (primary N) is 1. The Labute approximate surface area is 223 Å². The Balaban J connectivity index is 1.57. The van der Waals surface area contributed by atoms with Crippen LogP contribution in [0.5, 0.6) is 5.75 Å². The largest absolute Gasteiger partial charge is 0.488 e. The van der Waals surface area contributed by atoms with Gasteiger partial charge in [-0.3, -0.25) is 9.59 Å². The fraction of sp³-hybridized carbons (Fsp3) is 0.292. The summed E-state index contributed by atoms with van der Waals surface area (Å²) in [7, 11) is 0. The number of aromatic amines is 1. The molecule has 1 aromatic carbocycles. The number of nitrogen functional groups attached to an aromatic ring is 1. The lowest BCUT2D eigenvalue weighted by atomic mass is 10.1. The molecule has 0 aliphatic heterocycles. The van der Waals surface area contributed by atoms with Crippen molar-refractivity contribution in [1.82, 2.24) is 24.7 Å². The van der Waals surface area contributed by atoms with Crippen molar-refractivity contribution in [3.05, 3.63) is 74.2 Å². The number of alkyl halides is 6. The maximum Gasteiger partial charge on any atom is 0.425 e. The first kappa shape index (κ1) is 29.4. The Morgan fingerprint density at radius 2 is 1.83 bits per heavy atom. The summed E-state index contributed by atoms with van der Waals surface area (Å²) in [4.78, 5) is 31.6. The van der Waals surface area contributed by atoms with Crippen LogP contribution in [0.3, 0.4) is 0 Å². The molecule has 0 unspecified atom stereocenters. The molecule has 0 aliphatic carbocycles. The molecule has 3 aromatic heterocycles. The van der Waals surface area contributed by atoms with Crippen molar-refractivity contribution >= 4 is 16.6 Å². The molecule has 0 amide bonds. The third kappa shape index (κ3) is 5.97. The molecule has 4 rings (SSSR count). The fourth-order valence-corrected chi connectivity index (χ4v) is 4.04. The predicted molar refractivity (Wildman–Crippen MR) is 128 cm³/mol. The summed E-state index contributed by atoms with van der Waals surface area (Å²) in [5.41, 5.74) is -0.179. The molecule has 2 atom stereocenters. The average molecular weight is 590 g/mol. The molecule has 0 fully saturated rings. The van der Waals surface area contributed by atoms with Crippen LogP contribution in [0.4, 0.5) is 40.9 Å². The van der Waals surface area contributed by atoms with Gasteiger partial charge in [0.1, 0.15) is 12.0 Å². The van der Waals surface area contributed by atoms with E-state index in [4.69, 9.17) is 10.5 Å². The molecule has 0 saturated heterocycles. The first-order chi connectivity index (χ1) is 19.2. The summed E-state index contributed by atoms with van der Waals surface area (Å²) >= 11 is 0. The number of H-pyrrole nitrogens is 1. The number of nitrogens with one attached hydrogen (secondary N) is 1. The van der Waals surface area contributed by atoms with Crippen LogP contribution in [-0.4, -0.2) is 37.0 Å². The summed E-state index contributed by atoms with van der Waals surface area (Å²) in [6, 6.07) is 2.15.